The van der Waals surface area contributed by atoms with E-state index in [2.05, 4.69) is 3.98 Å². The van der Waals surface area contributed by atoms with Gasteiger partial charge in [0.1, 0.15) is 0 Å². The van der Waals surface area contributed by atoms with Gasteiger partial charge in [-0.15, -0.1) is 11.1 Å². The first-order chi connectivity index (χ1) is 2.56. The van der Waals surface area contributed by atoms with Crippen LogP contribution in [0.1, 0.15) is 0 Å². The average Bonchev–Trinajstić information content (AvgIpc) is 1.35. The van der Waals surface area contributed by atoms with E-state index in [1.165, 1.54) is 0 Å². The number of rotatable bonds is 1. The Hall–Kier alpha value is 0.757. The number of hydrogen-bond donors (Lipinski definition) is 0. The van der Waals surface area contributed by atoms with Crippen LogP contribution in [0.3, 0.4) is 0 Å². The van der Waals surface area contributed by atoms with Gasteiger partial charge in [0.2, 0.25) is 0 Å². The molecule has 0 saturated heterocycles. The maximum Gasteiger partial charge on any atom is 0.307 e. The third kappa shape index (κ3) is 4.76. The summed E-state index contributed by atoms with van der Waals surface area (Å²) in [5, 5.41) is 0. The Bertz CT molecular complexity index is 41.3. The highest BCUT2D eigenvalue weighted by Gasteiger charge is 2.16. The summed E-state index contributed by atoms with van der Waals surface area (Å²) in [5.74, 6) is 0. The molecule has 0 N–H and O–H groups in total. The van der Waals surface area contributed by atoms with Gasteiger partial charge >= 0.3 is 7.63 Å². The van der Waals surface area contributed by atoms with E-state index in [1.807, 2.05) is 0 Å². The van der Waals surface area contributed by atoms with E-state index in [9.17, 15) is 0 Å². The van der Waals surface area contributed by atoms with Gasteiger partial charge in [-0.3, -0.25) is 0 Å². The van der Waals surface area contributed by atoms with Gasteiger partial charge in [0.25, 0.3) is 0 Å². The molecule has 0 amide bonds. The Morgan fingerprint density at radius 1 is 1.50 bits per heavy atom. The van der Waals surface area contributed by atoms with E-state index in [4.69, 9.17) is 22.9 Å². The molecule has 4 heteroatoms. The first-order valence-electron chi connectivity index (χ1n) is 1.55. The van der Waals surface area contributed by atoms with Crippen molar-refractivity contribution < 1.29 is 3.98 Å². The lowest BCUT2D eigenvalue weighted by molar-refractivity contribution is 0.640. The fraction of sp³-hybridized carbons (Fsp3) is 1.00. The lowest BCUT2D eigenvalue weighted by atomic mass is 11.9. The first-order valence-corrected chi connectivity index (χ1v) is 5.78. The zero-order chi connectivity index (χ0) is 5.21. The van der Waals surface area contributed by atoms with Crippen LogP contribution in [-0.2, 0) is 3.98 Å². The Balaban J connectivity index is 3.17. The summed E-state index contributed by atoms with van der Waals surface area (Å²) in [4.78, 5) is 0. The third-order valence-electron chi connectivity index (χ3n) is 0.183. The molecule has 0 spiro atoms. The molecular formula is C2H6Cl2OSi. The highest BCUT2D eigenvalue weighted by Crippen LogP contribution is 2.09. The van der Waals surface area contributed by atoms with Crippen LogP contribution in [0.2, 0.25) is 13.1 Å². The minimum Gasteiger partial charge on any atom is -0.306 e. The van der Waals surface area contributed by atoms with E-state index in [1.54, 1.807) is 13.1 Å². The second kappa shape index (κ2) is 2.16. The Morgan fingerprint density at radius 3 is 1.67 bits per heavy atom. The molecule has 0 radical (unpaired) electrons. The molecule has 0 aromatic rings. The van der Waals surface area contributed by atoms with Gasteiger partial charge in [-0.1, -0.05) is 0 Å². The van der Waals surface area contributed by atoms with Crippen molar-refractivity contribution in [2.75, 3.05) is 0 Å². The lowest BCUT2D eigenvalue weighted by Gasteiger charge is -2.03. The molecule has 0 rings (SSSR count). The molecule has 0 aliphatic rings. The van der Waals surface area contributed by atoms with Crippen LogP contribution in [0.25, 0.3) is 0 Å². The van der Waals surface area contributed by atoms with Crippen molar-refractivity contribution >= 4 is 30.6 Å². The maximum absolute atomic E-state index is 5.50. The average molecular weight is 145 g/mol. The van der Waals surface area contributed by atoms with Crippen LogP contribution in [0, 0.1) is 0 Å². The van der Waals surface area contributed by atoms with E-state index in [0.29, 0.717) is 0 Å². The molecule has 38 valence electrons. The van der Waals surface area contributed by atoms with Gasteiger partial charge in [-0.25, -0.2) is 0 Å². The number of hydrogen-bond acceptors (Lipinski definition) is 1. The second-order valence-electron chi connectivity index (χ2n) is 1.44. The Kier molecular flexibility index (Phi) is 2.44. The third-order valence-corrected chi connectivity index (χ3v) is 2.18. The van der Waals surface area contributed by atoms with E-state index < -0.39 is 7.63 Å². The summed E-state index contributed by atoms with van der Waals surface area (Å²) in [6.45, 7) is 3.59. The molecule has 0 aromatic heterocycles. The monoisotopic (exact) mass is 144 g/mol. The van der Waals surface area contributed by atoms with Gasteiger partial charge in [-0.2, -0.15) is 0 Å². The van der Waals surface area contributed by atoms with Crippen LogP contribution in [0.5, 0.6) is 0 Å². The van der Waals surface area contributed by atoms with Crippen molar-refractivity contribution in [3.8, 4) is 0 Å². The molecule has 6 heavy (non-hydrogen) atoms. The van der Waals surface area contributed by atoms with E-state index in [-0.39, 0.29) is 0 Å². The fourth-order valence-electron chi connectivity index (χ4n) is 0. The van der Waals surface area contributed by atoms with E-state index >= 15 is 0 Å². The number of halogens is 2. The highest BCUT2D eigenvalue weighted by atomic mass is 35.6. The quantitative estimate of drug-likeness (QED) is 0.405. The molecule has 0 aliphatic carbocycles. The van der Waals surface area contributed by atoms with Crippen molar-refractivity contribution in [2.24, 2.45) is 0 Å². The summed E-state index contributed by atoms with van der Waals surface area (Å²) in [6.07, 6.45) is 0. The summed E-state index contributed by atoms with van der Waals surface area (Å²) in [7, 11) is -1.89. The molecule has 0 aliphatic heterocycles. The van der Waals surface area contributed by atoms with Crippen molar-refractivity contribution in [3.63, 3.8) is 0 Å². The topological polar surface area (TPSA) is 9.23 Å². The smallest absolute Gasteiger partial charge is 0.306 e. The predicted molar refractivity (Wildman–Crippen MR) is 30.3 cm³/mol. The Labute approximate surface area is 48.2 Å². The zero-order valence-electron chi connectivity index (χ0n) is 3.66. The maximum atomic E-state index is 5.50. The van der Waals surface area contributed by atoms with Gasteiger partial charge in [0, 0.05) is 11.9 Å². The van der Waals surface area contributed by atoms with Crippen LogP contribution < -0.4 is 0 Å². The molecule has 0 bridgehead atoms. The van der Waals surface area contributed by atoms with Gasteiger partial charge in [-0.05, 0) is 13.1 Å². The molecule has 0 heterocycles. The fourth-order valence-corrected chi connectivity index (χ4v) is 0. The molecule has 0 unspecified atom stereocenters. The summed E-state index contributed by atoms with van der Waals surface area (Å²) in [5.41, 5.74) is 0. The second-order valence-corrected chi connectivity index (χ2v) is 7.52. The summed E-state index contributed by atoms with van der Waals surface area (Å²) >= 11 is 10.4. The normalized spacial score (nSPS) is 12.0. The lowest BCUT2D eigenvalue weighted by Crippen LogP contribution is -2.15. The van der Waals surface area contributed by atoms with Crippen LogP contribution in [0.4, 0.5) is 0 Å². The Morgan fingerprint density at radius 2 is 1.67 bits per heavy atom. The van der Waals surface area contributed by atoms with E-state index in [0.717, 1.165) is 0 Å². The van der Waals surface area contributed by atoms with Crippen molar-refractivity contribution in [2.45, 2.75) is 13.1 Å². The van der Waals surface area contributed by atoms with Gasteiger partial charge in [0.05, 0.1) is 0 Å². The summed E-state index contributed by atoms with van der Waals surface area (Å²) < 4.78 is 4.31. The summed E-state index contributed by atoms with van der Waals surface area (Å²) in [6, 6.07) is 0. The molecule has 1 nitrogen and oxygen atoms in total. The zero-order valence-corrected chi connectivity index (χ0v) is 6.18. The minimum atomic E-state index is -1.89. The first kappa shape index (κ1) is 6.76. The van der Waals surface area contributed by atoms with Gasteiger partial charge in [0.15, 0.2) is 0 Å². The van der Waals surface area contributed by atoms with Gasteiger partial charge < -0.3 is 3.98 Å². The largest absolute Gasteiger partial charge is 0.307 e. The van der Waals surface area contributed by atoms with Crippen molar-refractivity contribution in [3.05, 3.63) is 0 Å². The van der Waals surface area contributed by atoms with Crippen molar-refractivity contribution in [1.29, 1.82) is 0 Å². The van der Waals surface area contributed by atoms with Crippen molar-refractivity contribution in [1.82, 2.24) is 0 Å². The molecule has 0 aromatic carbocycles. The van der Waals surface area contributed by atoms with Crippen LogP contribution in [-0.4, -0.2) is 7.63 Å². The minimum absolute atomic E-state index is 1.79. The van der Waals surface area contributed by atoms with Crippen LogP contribution >= 0.6 is 22.9 Å². The highest BCUT2D eigenvalue weighted by molar-refractivity contribution is 7.16. The predicted octanol–water partition coefficient (Wildman–Crippen LogP) is 2.10. The molecular weight excluding hydrogens is 139 g/mol. The molecule has 0 atom stereocenters. The molecule has 0 saturated carbocycles. The standard InChI is InChI=1S/C2H6Cl2OSi/c1-6(2,4)5-3/h1-2H3. The SMILES string of the molecule is C[Si](C)(Cl)OCl. The van der Waals surface area contributed by atoms with Crippen LogP contribution in [0.15, 0.2) is 0 Å². The molecule has 0 fully saturated rings.